The maximum absolute atomic E-state index is 14.1. The molecule has 216 valence electrons. The van der Waals surface area contributed by atoms with Crippen LogP contribution in [-0.2, 0) is 21.8 Å². The molecule has 1 aliphatic heterocycles. The molecule has 2 heterocycles. The van der Waals surface area contributed by atoms with E-state index >= 15 is 0 Å². The van der Waals surface area contributed by atoms with Crippen LogP contribution in [0.1, 0.15) is 49.0 Å². The number of nitrogens with zero attached hydrogens (tertiary/aromatic N) is 1. The van der Waals surface area contributed by atoms with Gasteiger partial charge in [0, 0.05) is 45.4 Å². The molecule has 0 bridgehead atoms. The van der Waals surface area contributed by atoms with Crippen molar-refractivity contribution < 1.29 is 40.0 Å². The zero-order valence-corrected chi connectivity index (χ0v) is 22.5. The fourth-order valence-corrected chi connectivity index (χ4v) is 6.07. The first-order valence-corrected chi connectivity index (χ1v) is 14.0. The second kappa shape index (κ2) is 10.8. The predicted molar refractivity (Wildman–Crippen MR) is 142 cm³/mol. The number of sulfone groups is 1. The first kappa shape index (κ1) is 29.1. The van der Waals surface area contributed by atoms with E-state index in [0.717, 1.165) is 18.3 Å². The number of amides is 2. The van der Waals surface area contributed by atoms with Gasteiger partial charge >= 0.3 is 6.18 Å². The van der Waals surface area contributed by atoms with Crippen molar-refractivity contribution >= 4 is 38.9 Å². The highest BCUT2D eigenvalue weighted by Crippen LogP contribution is 2.41. The number of hydrogen-bond donors (Lipinski definition) is 2. The van der Waals surface area contributed by atoms with Gasteiger partial charge < -0.3 is 10.6 Å². The third kappa shape index (κ3) is 5.83. The zero-order chi connectivity index (χ0) is 30.4. The molecule has 42 heavy (non-hydrogen) atoms. The van der Waals surface area contributed by atoms with E-state index in [1.807, 2.05) is 0 Å². The highest BCUT2D eigenvalue weighted by molar-refractivity contribution is 7.90. The van der Waals surface area contributed by atoms with E-state index in [2.05, 4.69) is 15.6 Å². The number of alkyl halides is 3. The van der Waals surface area contributed by atoms with Crippen molar-refractivity contribution in [3.05, 3.63) is 123 Å². The van der Waals surface area contributed by atoms with E-state index in [0.29, 0.717) is 12.1 Å². The van der Waals surface area contributed by atoms with Crippen molar-refractivity contribution in [1.29, 1.82) is 0 Å². The van der Waals surface area contributed by atoms with Crippen LogP contribution in [0.5, 0.6) is 0 Å². The van der Waals surface area contributed by atoms with Gasteiger partial charge in [0.05, 0.1) is 22.3 Å². The van der Waals surface area contributed by atoms with Gasteiger partial charge in [-0.1, -0.05) is 11.6 Å². The third-order valence-electron chi connectivity index (χ3n) is 6.40. The van der Waals surface area contributed by atoms with Crippen molar-refractivity contribution in [1.82, 2.24) is 10.3 Å². The Balaban J connectivity index is 1.63. The lowest BCUT2D eigenvalue weighted by atomic mass is 9.94. The standard InChI is InChI=1S/C28H17ClF5N3O4S/c29-22-4-3-17(30)11-20(22)25-24-21(27(39)37-25)6-14(13-42(40,41)19-2-1-5-35-12-19)7-23(24)36-26(38)15-8-16(28(32,33)34)10-18(31)9-15/h1-12,25H,13H2,(H,36,38)(H,37,39). The predicted octanol–water partition coefficient (Wildman–Crippen LogP) is 6.09. The average molecular weight is 622 g/mol. The Morgan fingerprint density at radius 2 is 1.79 bits per heavy atom. The molecule has 2 amide bonds. The Morgan fingerprint density at radius 3 is 2.48 bits per heavy atom. The molecule has 0 fully saturated rings. The highest BCUT2D eigenvalue weighted by Gasteiger charge is 2.36. The Labute approximate surface area is 240 Å². The summed E-state index contributed by atoms with van der Waals surface area (Å²) in [6, 6.07) is 8.72. The number of anilines is 1. The van der Waals surface area contributed by atoms with Crippen molar-refractivity contribution in [2.45, 2.75) is 22.9 Å². The van der Waals surface area contributed by atoms with Crippen LogP contribution in [0.3, 0.4) is 0 Å². The van der Waals surface area contributed by atoms with E-state index in [9.17, 15) is 40.0 Å². The van der Waals surface area contributed by atoms with Gasteiger partial charge in [-0.15, -0.1) is 0 Å². The van der Waals surface area contributed by atoms with Crippen LogP contribution in [0, 0.1) is 11.6 Å². The van der Waals surface area contributed by atoms with E-state index < -0.39 is 62.4 Å². The van der Waals surface area contributed by atoms with Gasteiger partial charge in [-0.25, -0.2) is 17.2 Å². The average Bonchev–Trinajstić information content (AvgIpc) is 3.25. The van der Waals surface area contributed by atoms with Gasteiger partial charge in [-0.05, 0) is 66.2 Å². The first-order valence-electron chi connectivity index (χ1n) is 12.0. The molecule has 0 aliphatic carbocycles. The summed E-state index contributed by atoms with van der Waals surface area (Å²) < 4.78 is 94.1. The van der Waals surface area contributed by atoms with Gasteiger partial charge in [0.1, 0.15) is 11.6 Å². The summed E-state index contributed by atoms with van der Waals surface area (Å²) >= 11 is 6.27. The van der Waals surface area contributed by atoms with Crippen molar-refractivity contribution in [2.24, 2.45) is 0 Å². The number of benzene rings is 3. The summed E-state index contributed by atoms with van der Waals surface area (Å²) in [5.41, 5.74) is -2.20. The van der Waals surface area contributed by atoms with Gasteiger partial charge in [-0.3, -0.25) is 14.6 Å². The van der Waals surface area contributed by atoms with Crippen molar-refractivity contribution in [3.63, 3.8) is 0 Å². The zero-order valence-electron chi connectivity index (χ0n) is 21.0. The Bertz CT molecular complexity index is 1850. The number of hydrogen-bond acceptors (Lipinski definition) is 5. The van der Waals surface area contributed by atoms with Gasteiger partial charge in [0.2, 0.25) is 0 Å². The van der Waals surface area contributed by atoms with Gasteiger partial charge in [0.15, 0.2) is 9.84 Å². The summed E-state index contributed by atoms with van der Waals surface area (Å²) in [6.45, 7) is 0. The van der Waals surface area contributed by atoms with Crippen molar-refractivity contribution in [2.75, 3.05) is 5.32 Å². The lowest BCUT2D eigenvalue weighted by Crippen LogP contribution is -2.21. The Hall–Kier alpha value is -4.36. The summed E-state index contributed by atoms with van der Waals surface area (Å²) in [5.74, 6) is -4.56. The molecule has 4 aromatic rings. The molecule has 0 spiro atoms. The second-order valence-electron chi connectivity index (χ2n) is 9.31. The molecule has 14 heteroatoms. The van der Waals surface area contributed by atoms with E-state index in [-0.39, 0.29) is 43.9 Å². The van der Waals surface area contributed by atoms with Crippen LogP contribution < -0.4 is 10.6 Å². The second-order valence-corrected chi connectivity index (χ2v) is 11.7. The minimum atomic E-state index is -4.95. The summed E-state index contributed by atoms with van der Waals surface area (Å²) in [5, 5.41) is 5.03. The molecule has 0 saturated heterocycles. The largest absolute Gasteiger partial charge is 0.416 e. The number of fused-ring (bicyclic) bond motifs is 1. The third-order valence-corrected chi connectivity index (χ3v) is 8.42. The maximum Gasteiger partial charge on any atom is 0.416 e. The fraction of sp³-hybridized carbons (Fsp3) is 0.107. The molecule has 2 N–H and O–H groups in total. The van der Waals surface area contributed by atoms with E-state index in [1.54, 1.807) is 0 Å². The Morgan fingerprint density at radius 1 is 1.02 bits per heavy atom. The molecule has 5 rings (SSSR count). The minimum absolute atomic E-state index is 0.0317. The monoisotopic (exact) mass is 621 g/mol. The molecular weight excluding hydrogens is 605 g/mol. The van der Waals surface area contributed by atoms with Crippen LogP contribution in [0.4, 0.5) is 27.6 Å². The Kier molecular flexibility index (Phi) is 7.50. The molecule has 7 nitrogen and oxygen atoms in total. The molecule has 1 aliphatic rings. The fourth-order valence-electron chi connectivity index (χ4n) is 4.56. The number of aromatic nitrogens is 1. The number of pyridine rings is 1. The SMILES string of the molecule is O=C(Nc1cc(CS(=O)(=O)c2cccnc2)cc2c1C(c1cc(F)ccc1Cl)NC2=O)c1cc(F)cc(C(F)(F)F)c1. The van der Waals surface area contributed by atoms with Crippen LogP contribution in [0.25, 0.3) is 0 Å². The van der Waals surface area contributed by atoms with E-state index in [1.165, 1.54) is 36.5 Å². The topological polar surface area (TPSA) is 105 Å². The molecular formula is C28H17ClF5N3O4S. The molecule has 1 unspecified atom stereocenters. The number of rotatable bonds is 6. The molecule has 0 saturated carbocycles. The quantitative estimate of drug-likeness (QED) is 0.254. The lowest BCUT2D eigenvalue weighted by Gasteiger charge is -2.19. The van der Waals surface area contributed by atoms with Crippen LogP contribution in [-0.4, -0.2) is 25.2 Å². The number of carbonyl (C=O) groups is 2. The number of halogens is 6. The van der Waals surface area contributed by atoms with Crippen LogP contribution in [0.2, 0.25) is 5.02 Å². The van der Waals surface area contributed by atoms with Crippen LogP contribution >= 0.6 is 11.6 Å². The van der Waals surface area contributed by atoms with Gasteiger partial charge in [0.25, 0.3) is 11.8 Å². The minimum Gasteiger partial charge on any atom is -0.341 e. The summed E-state index contributed by atoms with van der Waals surface area (Å²) in [7, 11) is -4.00. The molecule has 0 radical (unpaired) electrons. The van der Waals surface area contributed by atoms with Gasteiger partial charge in [-0.2, -0.15) is 13.2 Å². The normalized spacial score (nSPS) is 14.8. The van der Waals surface area contributed by atoms with Crippen molar-refractivity contribution in [3.8, 4) is 0 Å². The van der Waals surface area contributed by atoms with E-state index in [4.69, 9.17) is 11.6 Å². The maximum atomic E-state index is 14.1. The summed E-state index contributed by atoms with van der Waals surface area (Å²) in [4.78, 5) is 29.9. The molecule has 3 aromatic carbocycles. The number of carbonyl (C=O) groups excluding carboxylic acids is 2. The molecule has 1 atom stereocenters. The van der Waals surface area contributed by atoms with Crippen LogP contribution in [0.15, 0.2) is 78.0 Å². The number of nitrogens with one attached hydrogen (secondary N) is 2. The first-order chi connectivity index (χ1) is 19.7. The summed E-state index contributed by atoms with van der Waals surface area (Å²) in [6.07, 6.45) is -2.45. The lowest BCUT2D eigenvalue weighted by molar-refractivity contribution is -0.137. The highest BCUT2D eigenvalue weighted by atomic mass is 35.5. The molecule has 1 aromatic heterocycles. The smallest absolute Gasteiger partial charge is 0.341 e.